The van der Waals surface area contributed by atoms with E-state index in [9.17, 15) is 0 Å². The Kier molecular flexibility index (Phi) is 4.17. The van der Waals surface area contributed by atoms with Crippen molar-refractivity contribution in [3.63, 3.8) is 0 Å². The van der Waals surface area contributed by atoms with Gasteiger partial charge in [0.05, 0.1) is 11.9 Å². The third-order valence-electron chi connectivity index (χ3n) is 6.37. The summed E-state index contributed by atoms with van der Waals surface area (Å²) in [5.74, 6) is 1.66. The van der Waals surface area contributed by atoms with Crippen LogP contribution in [0.3, 0.4) is 0 Å². The zero-order valence-corrected chi connectivity index (χ0v) is 14.8. The second-order valence-corrected chi connectivity index (χ2v) is 7.77. The van der Waals surface area contributed by atoms with Crippen molar-refractivity contribution in [3.8, 4) is 11.3 Å². The van der Waals surface area contributed by atoms with Gasteiger partial charge >= 0.3 is 0 Å². The second-order valence-electron chi connectivity index (χ2n) is 7.77. The third kappa shape index (κ3) is 2.67. The van der Waals surface area contributed by atoms with Gasteiger partial charge in [0.1, 0.15) is 0 Å². The van der Waals surface area contributed by atoms with Gasteiger partial charge in [-0.2, -0.15) is 0 Å². The molecule has 2 aromatic rings. The van der Waals surface area contributed by atoms with Crippen LogP contribution < -0.4 is 0 Å². The van der Waals surface area contributed by atoms with Gasteiger partial charge in [-0.1, -0.05) is 56.5 Å². The summed E-state index contributed by atoms with van der Waals surface area (Å²) in [7, 11) is 0. The number of rotatable bonds is 7. The first-order valence-corrected chi connectivity index (χ1v) is 9.42. The Labute approximate surface area is 144 Å². The molecule has 0 bridgehead atoms. The summed E-state index contributed by atoms with van der Waals surface area (Å²) >= 11 is 0. The fraction of sp³-hybridized carbons (Fsp3) is 0.600. The average Bonchev–Trinajstić information content (AvgIpc) is 3.09. The number of H-pyrrole nitrogens is 1. The number of hydrogen-bond acceptors (Lipinski definition) is 3. The van der Waals surface area contributed by atoms with Crippen LogP contribution in [-0.4, -0.2) is 39.9 Å². The predicted octanol–water partition coefficient (Wildman–Crippen LogP) is 3.87. The third-order valence-corrected chi connectivity index (χ3v) is 6.37. The van der Waals surface area contributed by atoms with Gasteiger partial charge in [-0.05, 0) is 36.4 Å². The summed E-state index contributed by atoms with van der Waals surface area (Å²) < 4.78 is 0. The predicted molar refractivity (Wildman–Crippen MR) is 96.7 cm³/mol. The van der Waals surface area contributed by atoms with Crippen molar-refractivity contribution in [3.05, 3.63) is 36.0 Å². The molecular formula is C20H28N4. The van der Waals surface area contributed by atoms with Gasteiger partial charge in [-0.25, -0.2) is 0 Å². The molecule has 2 fully saturated rings. The van der Waals surface area contributed by atoms with E-state index in [1.165, 1.54) is 56.4 Å². The number of nitrogens with zero attached hydrogens (tertiary/aromatic N) is 3. The van der Waals surface area contributed by atoms with Gasteiger partial charge in [0, 0.05) is 24.1 Å². The van der Waals surface area contributed by atoms with E-state index in [0.717, 1.165) is 17.5 Å². The van der Waals surface area contributed by atoms with Crippen LogP contribution in [0.1, 0.15) is 45.1 Å². The monoisotopic (exact) mass is 324 g/mol. The molecule has 0 amide bonds. The maximum atomic E-state index is 3.90. The van der Waals surface area contributed by atoms with E-state index in [4.69, 9.17) is 0 Å². The van der Waals surface area contributed by atoms with Gasteiger partial charge in [0.25, 0.3) is 0 Å². The van der Waals surface area contributed by atoms with Gasteiger partial charge in [0.15, 0.2) is 0 Å². The Morgan fingerprint density at radius 1 is 1.21 bits per heavy atom. The molecule has 1 saturated carbocycles. The molecule has 4 nitrogen and oxygen atoms in total. The van der Waals surface area contributed by atoms with Gasteiger partial charge in [0.2, 0.25) is 0 Å². The molecule has 2 unspecified atom stereocenters. The van der Waals surface area contributed by atoms with Crippen LogP contribution in [0.25, 0.3) is 11.3 Å². The lowest BCUT2D eigenvalue weighted by Crippen LogP contribution is -2.29. The van der Waals surface area contributed by atoms with Crippen molar-refractivity contribution < 1.29 is 0 Å². The molecule has 128 valence electrons. The lowest BCUT2D eigenvalue weighted by atomic mass is 9.90. The number of nitrogens with one attached hydrogen (secondary N) is 1. The molecule has 4 rings (SSSR count). The van der Waals surface area contributed by atoms with Crippen LogP contribution in [0.5, 0.6) is 0 Å². The summed E-state index contributed by atoms with van der Waals surface area (Å²) in [6, 6.07) is 8.95. The molecule has 0 spiro atoms. The molecule has 2 heterocycles. The molecular weight excluding hydrogens is 296 g/mol. The molecule has 4 heteroatoms. The minimum atomic E-state index is 0.364. The lowest BCUT2D eigenvalue weighted by Gasteiger charge is -2.24. The van der Waals surface area contributed by atoms with Gasteiger partial charge in [-0.3, -0.25) is 5.10 Å². The lowest BCUT2D eigenvalue weighted by molar-refractivity contribution is 0.271. The quantitative estimate of drug-likeness (QED) is 0.786. The Bertz CT molecular complexity index is 667. The molecule has 2 atom stereocenters. The van der Waals surface area contributed by atoms with E-state index in [0.29, 0.717) is 5.41 Å². The number of piperidine rings is 1. The highest BCUT2D eigenvalue weighted by atomic mass is 15.3. The van der Waals surface area contributed by atoms with E-state index in [-0.39, 0.29) is 0 Å². The summed E-state index contributed by atoms with van der Waals surface area (Å²) in [6.07, 6.45) is 7.26. The SMILES string of the molecule is CCCCCCN1CC2C(C1)C2(C)c1cccc(-c2cnn[nH]2)c1. The number of fused-ring (bicyclic) bond motifs is 1. The number of hydrogen-bond donors (Lipinski definition) is 1. The van der Waals surface area contributed by atoms with Crippen molar-refractivity contribution in [1.82, 2.24) is 20.3 Å². The summed E-state index contributed by atoms with van der Waals surface area (Å²) in [5, 5.41) is 10.7. The standard InChI is InChI=1S/C20H28N4/c1-3-4-5-6-10-24-13-17-18(14-24)20(17,2)16-9-7-8-15(11-16)19-12-21-23-22-19/h7-9,11-12,17-18H,3-6,10,13-14H2,1-2H3,(H,21,22,23). The molecule has 1 aliphatic carbocycles. The topological polar surface area (TPSA) is 44.8 Å². The molecule has 1 aromatic heterocycles. The Hall–Kier alpha value is -1.68. The number of unbranched alkanes of at least 4 members (excludes halogenated alkanes) is 3. The first-order chi connectivity index (χ1) is 11.7. The largest absolute Gasteiger partial charge is 0.303 e. The van der Waals surface area contributed by atoms with Gasteiger partial charge < -0.3 is 4.90 Å². The van der Waals surface area contributed by atoms with Crippen molar-refractivity contribution in [1.29, 1.82) is 0 Å². The van der Waals surface area contributed by atoms with E-state index < -0.39 is 0 Å². The minimum Gasteiger partial charge on any atom is -0.303 e. The first kappa shape index (κ1) is 15.8. The highest BCUT2D eigenvalue weighted by Gasteiger charge is 2.65. The average molecular weight is 324 g/mol. The number of aromatic amines is 1. The van der Waals surface area contributed by atoms with Crippen molar-refractivity contribution >= 4 is 0 Å². The number of benzene rings is 1. The zero-order valence-electron chi connectivity index (χ0n) is 14.8. The van der Waals surface area contributed by atoms with E-state index in [1.54, 1.807) is 6.20 Å². The Balaban J connectivity index is 1.40. The molecule has 1 aromatic carbocycles. The summed E-state index contributed by atoms with van der Waals surface area (Å²) in [5.41, 5.74) is 4.04. The maximum Gasteiger partial charge on any atom is 0.0853 e. The smallest absolute Gasteiger partial charge is 0.0853 e. The van der Waals surface area contributed by atoms with Crippen LogP contribution in [0, 0.1) is 11.8 Å². The van der Waals surface area contributed by atoms with Crippen molar-refractivity contribution in [2.24, 2.45) is 11.8 Å². The number of likely N-dealkylation sites (tertiary alicyclic amines) is 1. The molecule has 1 N–H and O–H groups in total. The fourth-order valence-electron chi connectivity index (χ4n) is 4.69. The fourth-order valence-corrected chi connectivity index (χ4v) is 4.69. The van der Waals surface area contributed by atoms with Gasteiger partial charge in [-0.15, -0.1) is 5.10 Å². The van der Waals surface area contributed by atoms with E-state index >= 15 is 0 Å². The van der Waals surface area contributed by atoms with Crippen LogP contribution >= 0.6 is 0 Å². The molecule has 24 heavy (non-hydrogen) atoms. The van der Waals surface area contributed by atoms with E-state index in [2.05, 4.69) is 58.4 Å². The zero-order chi connectivity index (χ0) is 16.6. The molecule has 1 saturated heterocycles. The van der Waals surface area contributed by atoms with Crippen molar-refractivity contribution in [2.75, 3.05) is 19.6 Å². The summed E-state index contributed by atoms with van der Waals surface area (Å²) in [4.78, 5) is 2.69. The highest BCUT2D eigenvalue weighted by molar-refractivity contribution is 5.60. The van der Waals surface area contributed by atoms with E-state index in [1.807, 2.05) is 0 Å². The molecule has 1 aliphatic heterocycles. The second kappa shape index (κ2) is 6.32. The Morgan fingerprint density at radius 2 is 2.04 bits per heavy atom. The summed E-state index contributed by atoms with van der Waals surface area (Å²) in [6.45, 7) is 8.60. The van der Waals surface area contributed by atoms with Crippen molar-refractivity contribution in [2.45, 2.75) is 44.9 Å². The van der Waals surface area contributed by atoms with Crippen LogP contribution in [0.4, 0.5) is 0 Å². The first-order valence-electron chi connectivity index (χ1n) is 9.42. The molecule has 0 radical (unpaired) electrons. The van der Waals surface area contributed by atoms with Crippen LogP contribution in [0.15, 0.2) is 30.5 Å². The minimum absolute atomic E-state index is 0.364. The highest BCUT2D eigenvalue weighted by Crippen LogP contribution is 2.63. The Morgan fingerprint density at radius 3 is 2.75 bits per heavy atom. The molecule has 2 aliphatic rings. The normalized spacial score (nSPS) is 28.9. The maximum absolute atomic E-state index is 3.90. The van der Waals surface area contributed by atoms with Crippen LogP contribution in [0.2, 0.25) is 0 Å². The number of aromatic nitrogens is 3. The van der Waals surface area contributed by atoms with Crippen LogP contribution in [-0.2, 0) is 5.41 Å².